The van der Waals surface area contributed by atoms with Crippen molar-refractivity contribution in [1.82, 2.24) is 0 Å². The number of benzene rings is 2. The fraction of sp³-hybridized carbons (Fsp3) is 0.368. The Balaban J connectivity index is 1.37. The van der Waals surface area contributed by atoms with E-state index in [1.807, 2.05) is 0 Å². The Morgan fingerprint density at radius 1 is 0.905 bits per heavy atom. The predicted molar refractivity (Wildman–Crippen MR) is 86.3 cm³/mol. The maximum atomic E-state index is 5.55. The van der Waals surface area contributed by atoms with Crippen LogP contribution in [0.1, 0.15) is 28.7 Å². The van der Waals surface area contributed by atoms with Crippen LogP contribution in [-0.4, -0.2) is 13.2 Å². The van der Waals surface area contributed by atoms with Gasteiger partial charge in [0.25, 0.3) is 0 Å². The number of rotatable bonds is 4. The first-order chi connectivity index (χ1) is 10.4. The summed E-state index contributed by atoms with van der Waals surface area (Å²) in [6.07, 6.45) is 5.93. The van der Waals surface area contributed by atoms with Gasteiger partial charge in [0.2, 0.25) is 0 Å². The minimum absolute atomic E-state index is 0.839. The van der Waals surface area contributed by atoms with Crippen molar-refractivity contribution in [2.45, 2.75) is 32.1 Å². The van der Waals surface area contributed by atoms with Gasteiger partial charge < -0.3 is 10.1 Å². The molecule has 1 aliphatic carbocycles. The second kappa shape index (κ2) is 5.44. The molecule has 1 aliphatic heterocycles. The van der Waals surface area contributed by atoms with Crippen LogP contribution in [-0.2, 0) is 25.7 Å². The van der Waals surface area contributed by atoms with E-state index in [-0.39, 0.29) is 0 Å². The smallest absolute Gasteiger partial charge is 0.122 e. The zero-order valence-corrected chi connectivity index (χ0v) is 12.3. The van der Waals surface area contributed by atoms with Crippen molar-refractivity contribution in [2.75, 3.05) is 18.5 Å². The lowest BCUT2D eigenvalue weighted by Crippen LogP contribution is -2.05. The van der Waals surface area contributed by atoms with Crippen LogP contribution in [0.4, 0.5) is 5.69 Å². The standard InChI is InChI=1S/C19H21NO/c1-2-15-5-6-18(13-16(15)3-1)20-10-8-14-4-7-19-17(12-14)9-11-21-19/h4-7,12-13,20H,1-3,8-11H2. The Morgan fingerprint density at radius 2 is 1.86 bits per heavy atom. The van der Waals surface area contributed by atoms with Gasteiger partial charge in [-0.3, -0.25) is 0 Å². The molecule has 0 bridgehead atoms. The lowest BCUT2D eigenvalue weighted by molar-refractivity contribution is 0.357. The SMILES string of the molecule is c1cc2c(cc1CCNc1ccc3c(c1)CCC3)CCO2. The summed E-state index contributed by atoms with van der Waals surface area (Å²) < 4.78 is 5.55. The topological polar surface area (TPSA) is 21.3 Å². The molecule has 0 amide bonds. The van der Waals surface area contributed by atoms with Crippen molar-refractivity contribution in [3.63, 3.8) is 0 Å². The molecule has 2 heteroatoms. The summed E-state index contributed by atoms with van der Waals surface area (Å²) in [5.74, 6) is 1.07. The summed E-state index contributed by atoms with van der Waals surface area (Å²) in [6, 6.07) is 13.4. The van der Waals surface area contributed by atoms with Crippen LogP contribution in [0.2, 0.25) is 0 Å². The van der Waals surface area contributed by atoms with Gasteiger partial charge in [-0.05, 0) is 66.1 Å². The van der Waals surface area contributed by atoms with E-state index in [0.717, 1.165) is 31.7 Å². The molecule has 0 saturated carbocycles. The van der Waals surface area contributed by atoms with Gasteiger partial charge in [-0.25, -0.2) is 0 Å². The first kappa shape index (κ1) is 12.8. The third kappa shape index (κ3) is 2.63. The van der Waals surface area contributed by atoms with E-state index in [1.54, 1.807) is 5.56 Å². The van der Waals surface area contributed by atoms with E-state index in [9.17, 15) is 0 Å². The third-order valence-electron chi connectivity index (χ3n) is 4.60. The second-order valence-corrected chi connectivity index (χ2v) is 6.05. The van der Waals surface area contributed by atoms with Gasteiger partial charge in [0.15, 0.2) is 0 Å². The summed E-state index contributed by atoms with van der Waals surface area (Å²) >= 11 is 0. The number of hydrogen-bond acceptors (Lipinski definition) is 2. The average Bonchev–Trinajstić information content (AvgIpc) is 3.14. The van der Waals surface area contributed by atoms with Crippen molar-refractivity contribution in [1.29, 1.82) is 0 Å². The molecule has 2 nitrogen and oxygen atoms in total. The highest BCUT2D eigenvalue weighted by Gasteiger charge is 2.12. The first-order valence-corrected chi connectivity index (χ1v) is 7.99. The van der Waals surface area contributed by atoms with Crippen LogP contribution in [0, 0.1) is 0 Å². The fourth-order valence-electron chi connectivity index (χ4n) is 3.43. The van der Waals surface area contributed by atoms with Gasteiger partial charge in [-0.1, -0.05) is 18.2 Å². The number of ether oxygens (including phenoxy) is 1. The highest BCUT2D eigenvalue weighted by Crippen LogP contribution is 2.27. The lowest BCUT2D eigenvalue weighted by atomic mass is 10.1. The number of anilines is 1. The molecular weight excluding hydrogens is 258 g/mol. The number of aryl methyl sites for hydroxylation is 2. The third-order valence-corrected chi connectivity index (χ3v) is 4.60. The molecule has 1 heterocycles. The van der Waals surface area contributed by atoms with Crippen LogP contribution in [0.3, 0.4) is 0 Å². The monoisotopic (exact) mass is 279 g/mol. The maximum absolute atomic E-state index is 5.55. The minimum Gasteiger partial charge on any atom is -0.493 e. The van der Waals surface area contributed by atoms with E-state index in [2.05, 4.69) is 41.7 Å². The second-order valence-electron chi connectivity index (χ2n) is 6.05. The lowest BCUT2D eigenvalue weighted by Gasteiger charge is -2.09. The van der Waals surface area contributed by atoms with Crippen molar-refractivity contribution < 1.29 is 4.74 Å². The molecule has 1 N–H and O–H groups in total. The average molecular weight is 279 g/mol. The molecule has 0 fully saturated rings. The molecule has 0 aromatic heterocycles. The van der Waals surface area contributed by atoms with Crippen molar-refractivity contribution in [2.24, 2.45) is 0 Å². The largest absolute Gasteiger partial charge is 0.493 e. The van der Waals surface area contributed by atoms with Crippen LogP contribution in [0.5, 0.6) is 5.75 Å². The van der Waals surface area contributed by atoms with Gasteiger partial charge in [-0.2, -0.15) is 0 Å². The molecule has 0 atom stereocenters. The number of fused-ring (bicyclic) bond motifs is 2. The van der Waals surface area contributed by atoms with Gasteiger partial charge in [0.05, 0.1) is 6.61 Å². The Bertz CT molecular complexity index is 605. The van der Waals surface area contributed by atoms with E-state index in [0.29, 0.717) is 0 Å². The van der Waals surface area contributed by atoms with Gasteiger partial charge in [0, 0.05) is 18.7 Å². The van der Waals surface area contributed by atoms with Gasteiger partial charge >= 0.3 is 0 Å². The van der Waals surface area contributed by atoms with Crippen molar-refractivity contribution in [3.8, 4) is 5.75 Å². The Hall–Kier alpha value is -1.96. The van der Waals surface area contributed by atoms with E-state index < -0.39 is 0 Å². The quantitative estimate of drug-likeness (QED) is 0.920. The molecule has 0 saturated heterocycles. The first-order valence-electron chi connectivity index (χ1n) is 7.99. The van der Waals surface area contributed by atoms with Crippen LogP contribution in [0.25, 0.3) is 0 Å². The van der Waals surface area contributed by atoms with Crippen LogP contribution >= 0.6 is 0 Å². The van der Waals surface area contributed by atoms with Crippen molar-refractivity contribution in [3.05, 3.63) is 58.7 Å². The van der Waals surface area contributed by atoms with Crippen LogP contribution in [0.15, 0.2) is 36.4 Å². The van der Waals surface area contributed by atoms with E-state index in [1.165, 1.54) is 41.6 Å². The highest BCUT2D eigenvalue weighted by molar-refractivity contribution is 5.50. The molecule has 0 unspecified atom stereocenters. The fourth-order valence-corrected chi connectivity index (χ4v) is 3.43. The molecule has 21 heavy (non-hydrogen) atoms. The predicted octanol–water partition coefficient (Wildman–Crippen LogP) is 3.76. The zero-order chi connectivity index (χ0) is 14.1. The molecule has 2 aromatic rings. The van der Waals surface area contributed by atoms with E-state index in [4.69, 9.17) is 4.74 Å². The molecule has 0 radical (unpaired) electrons. The Morgan fingerprint density at radius 3 is 2.86 bits per heavy atom. The minimum atomic E-state index is 0.839. The molecule has 4 rings (SSSR count). The highest BCUT2D eigenvalue weighted by atomic mass is 16.5. The summed E-state index contributed by atoms with van der Waals surface area (Å²) in [6.45, 7) is 1.82. The maximum Gasteiger partial charge on any atom is 0.122 e. The Labute approximate surface area is 126 Å². The number of hydrogen-bond donors (Lipinski definition) is 1. The molecule has 108 valence electrons. The van der Waals surface area contributed by atoms with Gasteiger partial charge in [-0.15, -0.1) is 0 Å². The zero-order valence-electron chi connectivity index (χ0n) is 12.3. The normalized spacial score (nSPS) is 15.4. The summed E-state index contributed by atoms with van der Waals surface area (Å²) in [5.41, 5.74) is 7.10. The summed E-state index contributed by atoms with van der Waals surface area (Å²) in [4.78, 5) is 0. The number of nitrogens with one attached hydrogen (secondary N) is 1. The molecular formula is C19H21NO. The Kier molecular flexibility index (Phi) is 3.30. The van der Waals surface area contributed by atoms with E-state index >= 15 is 0 Å². The molecule has 0 spiro atoms. The van der Waals surface area contributed by atoms with Crippen molar-refractivity contribution >= 4 is 5.69 Å². The van der Waals surface area contributed by atoms with Crippen LogP contribution < -0.4 is 10.1 Å². The molecule has 2 aliphatic rings. The summed E-state index contributed by atoms with van der Waals surface area (Å²) in [7, 11) is 0. The van der Waals surface area contributed by atoms with Gasteiger partial charge in [0.1, 0.15) is 5.75 Å². The summed E-state index contributed by atoms with van der Waals surface area (Å²) in [5, 5.41) is 3.56. The molecule has 2 aromatic carbocycles.